The summed E-state index contributed by atoms with van der Waals surface area (Å²) in [6.45, 7) is 1.72. The second-order valence-electron chi connectivity index (χ2n) is 3.83. The van der Waals surface area contributed by atoms with Crippen molar-refractivity contribution in [1.29, 1.82) is 0 Å². The van der Waals surface area contributed by atoms with Gasteiger partial charge in [0, 0.05) is 13.1 Å². The van der Waals surface area contributed by atoms with Crippen LogP contribution in [0, 0.1) is 5.82 Å². The first kappa shape index (κ1) is 9.62. The Balaban J connectivity index is 2.12. The van der Waals surface area contributed by atoms with Crippen LogP contribution in [-0.2, 0) is 0 Å². The molecule has 1 aliphatic rings. The molecular weight excluding hydrogens is 179 g/mol. The Hall–Kier alpha value is -0.930. The number of piperidine rings is 1. The fourth-order valence-corrected chi connectivity index (χ4v) is 2.02. The molecule has 0 aliphatic carbocycles. The van der Waals surface area contributed by atoms with E-state index in [4.69, 9.17) is 5.84 Å². The molecule has 1 fully saturated rings. The first-order chi connectivity index (χ1) is 6.77. The van der Waals surface area contributed by atoms with Gasteiger partial charge < -0.3 is 0 Å². The fraction of sp³-hybridized carbons (Fsp3) is 0.455. The van der Waals surface area contributed by atoms with Gasteiger partial charge in [-0.05, 0) is 30.4 Å². The molecule has 0 atom stereocenters. The third kappa shape index (κ3) is 1.94. The highest BCUT2D eigenvalue weighted by Gasteiger charge is 2.20. The van der Waals surface area contributed by atoms with Crippen molar-refractivity contribution in [1.82, 2.24) is 5.01 Å². The van der Waals surface area contributed by atoms with E-state index in [2.05, 4.69) is 0 Å². The minimum absolute atomic E-state index is 0.0806. The lowest BCUT2D eigenvalue weighted by Gasteiger charge is -2.28. The van der Waals surface area contributed by atoms with Gasteiger partial charge in [-0.15, -0.1) is 0 Å². The standard InChI is InChI=1S/C11H15FN2/c12-11-4-2-1-3-10(11)9-5-7-14(13)8-6-9/h1-4,9H,5-8,13H2. The van der Waals surface area contributed by atoms with E-state index in [1.165, 1.54) is 6.07 Å². The first-order valence-corrected chi connectivity index (χ1v) is 5.01. The van der Waals surface area contributed by atoms with Gasteiger partial charge in [0.2, 0.25) is 0 Å². The van der Waals surface area contributed by atoms with Crippen LogP contribution in [0.15, 0.2) is 24.3 Å². The van der Waals surface area contributed by atoms with Gasteiger partial charge in [-0.1, -0.05) is 18.2 Å². The summed E-state index contributed by atoms with van der Waals surface area (Å²) in [6.07, 6.45) is 1.91. The Morgan fingerprint density at radius 1 is 1.21 bits per heavy atom. The van der Waals surface area contributed by atoms with Crippen molar-refractivity contribution in [2.24, 2.45) is 5.84 Å². The molecule has 0 aromatic heterocycles. The maximum absolute atomic E-state index is 13.4. The SMILES string of the molecule is NN1CCC(c2ccccc2F)CC1. The number of rotatable bonds is 1. The van der Waals surface area contributed by atoms with E-state index < -0.39 is 0 Å². The van der Waals surface area contributed by atoms with Gasteiger partial charge in [0.25, 0.3) is 0 Å². The number of halogens is 1. The third-order valence-electron chi connectivity index (χ3n) is 2.87. The molecule has 2 N–H and O–H groups in total. The fourth-order valence-electron chi connectivity index (χ4n) is 2.02. The molecule has 2 rings (SSSR count). The van der Waals surface area contributed by atoms with Crippen LogP contribution in [0.3, 0.4) is 0 Å². The molecule has 1 heterocycles. The van der Waals surface area contributed by atoms with Gasteiger partial charge in [-0.3, -0.25) is 5.84 Å². The maximum atomic E-state index is 13.4. The van der Waals surface area contributed by atoms with E-state index in [-0.39, 0.29) is 5.82 Å². The van der Waals surface area contributed by atoms with Gasteiger partial charge in [0.05, 0.1) is 0 Å². The lowest BCUT2D eigenvalue weighted by atomic mass is 9.90. The van der Waals surface area contributed by atoms with E-state index >= 15 is 0 Å². The second kappa shape index (κ2) is 4.07. The molecule has 76 valence electrons. The molecule has 3 heteroatoms. The summed E-state index contributed by atoms with van der Waals surface area (Å²) < 4.78 is 13.4. The van der Waals surface area contributed by atoms with Crippen molar-refractivity contribution >= 4 is 0 Å². The van der Waals surface area contributed by atoms with Gasteiger partial charge in [-0.25, -0.2) is 9.40 Å². The molecule has 1 aromatic carbocycles. The zero-order chi connectivity index (χ0) is 9.97. The predicted molar refractivity (Wildman–Crippen MR) is 54.1 cm³/mol. The first-order valence-electron chi connectivity index (χ1n) is 5.01. The van der Waals surface area contributed by atoms with Gasteiger partial charge >= 0.3 is 0 Å². The molecular formula is C11H15FN2. The molecule has 0 amide bonds. The molecule has 14 heavy (non-hydrogen) atoms. The number of hydrogen-bond donors (Lipinski definition) is 1. The summed E-state index contributed by atoms with van der Waals surface area (Å²) in [6, 6.07) is 7.04. The quantitative estimate of drug-likeness (QED) is 0.692. The lowest BCUT2D eigenvalue weighted by molar-refractivity contribution is 0.216. The number of hydrogen-bond acceptors (Lipinski definition) is 2. The number of nitrogens with two attached hydrogens (primary N) is 1. The van der Waals surface area contributed by atoms with E-state index in [1.807, 2.05) is 12.1 Å². The largest absolute Gasteiger partial charge is 0.269 e. The molecule has 0 radical (unpaired) electrons. The van der Waals surface area contributed by atoms with Crippen LogP contribution in [0.2, 0.25) is 0 Å². The molecule has 0 unspecified atom stereocenters. The van der Waals surface area contributed by atoms with Crippen molar-refractivity contribution in [3.8, 4) is 0 Å². The molecule has 0 saturated carbocycles. The van der Waals surface area contributed by atoms with Crippen molar-refractivity contribution in [2.45, 2.75) is 18.8 Å². The minimum Gasteiger partial charge on any atom is -0.269 e. The molecule has 1 aliphatic heterocycles. The molecule has 1 aromatic rings. The van der Waals surface area contributed by atoms with Crippen LogP contribution in [-0.4, -0.2) is 18.1 Å². The topological polar surface area (TPSA) is 29.3 Å². The summed E-state index contributed by atoms with van der Waals surface area (Å²) >= 11 is 0. The zero-order valence-electron chi connectivity index (χ0n) is 8.12. The average Bonchev–Trinajstić information content (AvgIpc) is 2.20. The molecule has 0 spiro atoms. The van der Waals surface area contributed by atoms with Crippen LogP contribution < -0.4 is 5.84 Å². The van der Waals surface area contributed by atoms with Crippen LogP contribution in [0.4, 0.5) is 4.39 Å². The van der Waals surface area contributed by atoms with E-state index in [9.17, 15) is 4.39 Å². The molecule has 1 saturated heterocycles. The number of hydrazine groups is 1. The van der Waals surface area contributed by atoms with Gasteiger partial charge in [-0.2, -0.15) is 0 Å². The summed E-state index contributed by atoms with van der Waals surface area (Å²) in [7, 11) is 0. The number of nitrogens with zero attached hydrogens (tertiary/aromatic N) is 1. The van der Waals surface area contributed by atoms with Gasteiger partial charge in [0.1, 0.15) is 5.82 Å². The van der Waals surface area contributed by atoms with E-state index in [1.54, 1.807) is 11.1 Å². The Bertz CT molecular complexity index is 306. The minimum atomic E-state index is -0.0806. The zero-order valence-corrected chi connectivity index (χ0v) is 8.12. The van der Waals surface area contributed by atoms with E-state index in [0.717, 1.165) is 31.5 Å². The molecule has 2 nitrogen and oxygen atoms in total. The van der Waals surface area contributed by atoms with Crippen molar-refractivity contribution in [3.05, 3.63) is 35.6 Å². The second-order valence-corrected chi connectivity index (χ2v) is 3.83. The Morgan fingerprint density at radius 3 is 2.50 bits per heavy atom. The Kier molecular flexibility index (Phi) is 2.79. The van der Waals surface area contributed by atoms with E-state index in [0.29, 0.717) is 5.92 Å². The van der Waals surface area contributed by atoms with Crippen molar-refractivity contribution in [2.75, 3.05) is 13.1 Å². The summed E-state index contributed by atoms with van der Waals surface area (Å²) in [4.78, 5) is 0. The number of benzene rings is 1. The summed E-state index contributed by atoms with van der Waals surface area (Å²) in [5.74, 6) is 5.92. The highest BCUT2D eigenvalue weighted by molar-refractivity contribution is 5.22. The lowest BCUT2D eigenvalue weighted by Crippen LogP contribution is -2.38. The van der Waals surface area contributed by atoms with Crippen LogP contribution in [0.1, 0.15) is 24.3 Å². The van der Waals surface area contributed by atoms with Gasteiger partial charge in [0.15, 0.2) is 0 Å². The van der Waals surface area contributed by atoms with Crippen LogP contribution >= 0.6 is 0 Å². The summed E-state index contributed by atoms with van der Waals surface area (Å²) in [5, 5.41) is 1.80. The smallest absolute Gasteiger partial charge is 0.126 e. The monoisotopic (exact) mass is 194 g/mol. The highest BCUT2D eigenvalue weighted by Crippen LogP contribution is 2.28. The summed E-state index contributed by atoms with van der Waals surface area (Å²) in [5.41, 5.74) is 0.848. The van der Waals surface area contributed by atoms with Crippen molar-refractivity contribution in [3.63, 3.8) is 0 Å². The maximum Gasteiger partial charge on any atom is 0.126 e. The van der Waals surface area contributed by atoms with Crippen LogP contribution in [0.25, 0.3) is 0 Å². The average molecular weight is 194 g/mol. The van der Waals surface area contributed by atoms with Crippen molar-refractivity contribution < 1.29 is 4.39 Å². The predicted octanol–water partition coefficient (Wildman–Crippen LogP) is 1.88. The Morgan fingerprint density at radius 2 is 1.86 bits per heavy atom. The normalized spacial score (nSPS) is 19.9. The molecule has 0 bridgehead atoms. The highest BCUT2D eigenvalue weighted by atomic mass is 19.1. The van der Waals surface area contributed by atoms with Crippen LogP contribution in [0.5, 0.6) is 0 Å². The third-order valence-corrected chi connectivity index (χ3v) is 2.87. The Labute approximate surface area is 83.5 Å².